The summed E-state index contributed by atoms with van der Waals surface area (Å²) in [5, 5.41) is 5.52. The molecule has 0 saturated heterocycles. The van der Waals surface area contributed by atoms with Crippen LogP contribution in [0.2, 0.25) is 0 Å². The molecule has 0 spiro atoms. The summed E-state index contributed by atoms with van der Waals surface area (Å²) in [5.41, 5.74) is 2.51. The van der Waals surface area contributed by atoms with Gasteiger partial charge in [0.05, 0.1) is 28.4 Å². The Hall–Kier alpha value is -3.26. The first kappa shape index (κ1) is 23.0. The van der Waals surface area contributed by atoms with E-state index in [9.17, 15) is 9.59 Å². The SMILES string of the molecule is CNC(=O)c1ccc(C[NH+](C)CC(=O)NCc2cc(OC)c(OC)c(OC)c2)cc1. The maximum atomic E-state index is 12.4. The van der Waals surface area contributed by atoms with Gasteiger partial charge < -0.3 is 29.7 Å². The van der Waals surface area contributed by atoms with Crippen LogP contribution in [0, 0.1) is 0 Å². The zero-order valence-electron chi connectivity index (χ0n) is 18.1. The molecule has 8 heteroatoms. The van der Waals surface area contributed by atoms with Crippen LogP contribution in [0.1, 0.15) is 21.5 Å². The van der Waals surface area contributed by atoms with Crippen LogP contribution in [-0.4, -0.2) is 53.8 Å². The first-order valence-electron chi connectivity index (χ1n) is 9.59. The van der Waals surface area contributed by atoms with E-state index in [0.29, 0.717) is 42.4 Å². The second-order valence-corrected chi connectivity index (χ2v) is 6.90. The molecule has 2 rings (SSSR count). The lowest BCUT2D eigenvalue weighted by Crippen LogP contribution is -3.08. The smallest absolute Gasteiger partial charge is 0.275 e. The lowest BCUT2D eigenvalue weighted by atomic mass is 10.1. The van der Waals surface area contributed by atoms with Crippen molar-refractivity contribution < 1.29 is 28.7 Å². The Bertz CT molecular complexity index is 843. The van der Waals surface area contributed by atoms with Crippen molar-refractivity contribution in [2.75, 3.05) is 42.0 Å². The van der Waals surface area contributed by atoms with Gasteiger partial charge in [0.2, 0.25) is 5.75 Å². The number of benzene rings is 2. The predicted octanol–water partition coefficient (Wildman–Crippen LogP) is 0.403. The van der Waals surface area contributed by atoms with Crippen LogP contribution < -0.4 is 29.7 Å². The monoisotopic (exact) mass is 416 g/mol. The van der Waals surface area contributed by atoms with Crippen molar-refractivity contribution in [1.29, 1.82) is 0 Å². The molecule has 0 aliphatic rings. The molecule has 2 aromatic carbocycles. The normalized spacial score (nSPS) is 11.4. The van der Waals surface area contributed by atoms with Gasteiger partial charge in [-0.2, -0.15) is 0 Å². The number of methoxy groups -OCH3 is 3. The van der Waals surface area contributed by atoms with Crippen LogP contribution >= 0.6 is 0 Å². The largest absolute Gasteiger partial charge is 0.493 e. The van der Waals surface area contributed by atoms with E-state index >= 15 is 0 Å². The summed E-state index contributed by atoms with van der Waals surface area (Å²) in [6, 6.07) is 11.0. The van der Waals surface area contributed by atoms with Crippen LogP contribution in [0.4, 0.5) is 0 Å². The fourth-order valence-corrected chi connectivity index (χ4v) is 3.10. The van der Waals surface area contributed by atoms with E-state index in [1.54, 1.807) is 40.5 Å². The Morgan fingerprint density at radius 2 is 1.53 bits per heavy atom. The third-order valence-electron chi connectivity index (χ3n) is 4.63. The van der Waals surface area contributed by atoms with Gasteiger partial charge in [-0.1, -0.05) is 12.1 Å². The highest BCUT2D eigenvalue weighted by atomic mass is 16.5. The number of ether oxygens (including phenoxy) is 3. The van der Waals surface area contributed by atoms with Crippen LogP contribution in [-0.2, 0) is 17.9 Å². The van der Waals surface area contributed by atoms with Gasteiger partial charge >= 0.3 is 0 Å². The minimum atomic E-state index is -0.117. The van der Waals surface area contributed by atoms with Crippen molar-refractivity contribution in [2.24, 2.45) is 0 Å². The second-order valence-electron chi connectivity index (χ2n) is 6.90. The summed E-state index contributed by atoms with van der Waals surface area (Å²) in [6.07, 6.45) is 0. The van der Waals surface area contributed by atoms with E-state index < -0.39 is 0 Å². The number of hydrogen-bond donors (Lipinski definition) is 3. The highest BCUT2D eigenvalue weighted by Gasteiger charge is 2.15. The molecule has 0 radical (unpaired) electrons. The third-order valence-corrected chi connectivity index (χ3v) is 4.63. The second kappa shape index (κ2) is 11.1. The van der Waals surface area contributed by atoms with Crippen molar-refractivity contribution >= 4 is 11.8 Å². The third kappa shape index (κ3) is 6.12. The van der Waals surface area contributed by atoms with Crippen molar-refractivity contribution in [2.45, 2.75) is 13.1 Å². The summed E-state index contributed by atoms with van der Waals surface area (Å²) in [7, 11) is 8.21. The Labute approximate surface area is 177 Å². The van der Waals surface area contributed by atoms with Gasteiger partial charge in [0.15, 0.2) is 18.0 Å². The maximum Gasteiger partial charge on any atom is 0.275 e. The topological polar surface area (TPSA) is 90.3 Å². The number of carbonyl (C=O) groups is 2. The van der Waals surface area contributed by atoms with Crippen LogP contribution in [0.15, 0.2) is 36.4 Å². The number of likely N-dealkylation sites (N-methyl/N-ethyl adjacent to an activating group) is 1. The molecule has 0 aliphatic heterocycles. The highest BCUT2D eigenvalue weighted by Crippen LogP contribution is 2.38. The van der Waals surface area contributed by atoms with Gasteiger partial charge in [0.1, 0.15) is 6.54 Å². The van der Waals surface area contributed by atoms with Crippen LogP contribution in [0.3, 0.4) is 0 Å². The first-order valence-corrected chi connectivity index (χ1v) is 9.59. The van der Waals surface area contributed by atoms with Gasteiger partial charge in [0, 0.05) is 24.7 Å². The molecule has 162 valence electrons. The van der Waals surface area contributed by atoms with E-state index in [2.05, 4.69) is 10.6 Å². The number of rotatable bonds is 10. The van der Waals surface area contributed by atoms with Gasteiger partial charge in [-0.3, -0.25) is 9.59 Å². The molecule has 2 aromatic rings. The van der Waals surface area contributed by atoms with Gasteiger partial charge in [0.25, 0.3) is 11.8 Å². The molecular weight excluding hydrogens is 386 g/mol. The average Bonchev–Trinajstić information content (AvgIpc) is 2.76. The molecule has 2 amide bonds. The molecule has 3 N–H and O–H groups in total. The van der Waals surface area contributed by atoms with Crippen molar-refractivity contribution in [3.8, 4) is 17.2 Å². The number of hydrogen-bond acceptors (Lipinski definition) is 5. The Morgan fingerprint density at radius 1 is 0.933 bits per heavy atom. The molecule has 0 heterocycles. The predicted molar refractivity (Wildman–Crippen MR) is 113 cm³/mol. The summed E-state index contributed by atoms with van der Waals surface area (Å²) in [4.78, 5) is 25.0. The molecule has 30 heavy (non-hydrogen) atoms. The van der Waals surface area contributed by atoms with Crippen LogP contribution in [0.5, 0.6) is 17.2 Å². The lowest BCUT2D eigenvalue weighted by Gasteiger charge is -2.16. The molecule has 0 aromatic heterocycles. The molecule has 8 nitrogen and oxygen atoms in total. The molecule has 1 atom stereocenters. The fourth-order valence-electron chi connectivity index (χ4n) is 3.10. The van der Waals surface area contributed by atoms with Gasteiger partial charge in [-0.25, -0.2) is 0 Å². The lowest BCUT2D eigenvalue weighted by molar-refractivity contribution is -0.885. The Balaban J connectivity index is 1.90. The molecular formula is C22H30N3O5+. The summed E-state index contributed by atoms with van der Waals surface area (Å²) in [6.45, 7) is 1.34. The van der Waals surface area contributed by atoms with Crippen molar-refractivity contribution in [3.05, 3.63) is 53.1 Å². The molecule has 0 aliphatic carbocycles. The Morgan fingerprint density at radius 3 is 2.03 bits per heavy atom. The average molecular weight is 416 g/mol. The number of nitrogens with one attached hydrogen (secondary N) is 3. The molecule has 0 fully saturated rings. The molecule has 0 saturated carbocycles. The summed E-state index contributed by atoms with van der Waals surface area (Å²) >= 11 is 0. The fraction of sp³-hybridized carbons (Fsp3) is 0.364. The van der Waals surface area contributed by atoms with E-state index in [4.69, 9.17) is 14.2 Å². The quantitative estimate of drug-likeness (QED) is 0.522. The number of carbonyl (C=O) groups excluding carboxylic acids is 2. The van der Waals surface area contributed by atoms with Gasteiger partial charge in [-0.15, -0.1) is 0 Å². The molecule has 1 unspecified atom stereocenters. The number of quaternary nitrogens is 1. The van der Waals surface area contributed by atoms with E-state index in [-0.39, 0.29) is 11.8 Å². The standard InChI is InChI=1S/C22H29N3O5/c1-23-22(27)17-8-6-15(7-9-17)13-25(2)14-20(26)24-12-16-10-18(28-3)21(30-5)19(11-16)29-4/h6-11H,12-14H2,1-5H3,(H,23,27)(H,24,26)/p+1. The van der Waals surface area contributed by atoms with Crippen molar-refractivity contribution in [1.82, 2.24) is 10.6 Å². The van der Waals surface area contributed by atoms with Gasteiger partial charge in [-0.05, 0) is 29.8 Å². The maximum absolute atomic E-state index is 12.4. The molecule has 0 bridgehead atoms. The van der Waals surface area contributed by atoms with E-state index in [1.807, 2.05) is 31.3 Å². The zero-order chi connectivity index (χ0) is 22.1. The Kier molecular flexibility index (Phi) is 8.49. The van der Waals surface area contributed by atoms with Crippen LogP contribution in [0.25, 0.3) is 0 Å². The zero-order valence-corrected chi connectivity index (χ0v) is 18.1. The summed E-state index contributed by atoms with van der Waals surface area (Å²) in [5.74, 6) is 1.42. The minimum Gasteiger partial charge on any atom is -0.493 e. The highest BCUT2D eigenvalue weighted by molar-refractivity contribution is 5.93. The number of amides is 2. The first-order chi connectivity index (χ1) is 14.4. The minimum absolute atomic E-state index is 0.0665. The van der Waals surface area contributed by atoms with E-state index in [1.165, 1.54) is 0 Å². The van der Waals surface area contributed by atoms with Crippen molar-refractivity contribution in [3.63, 3.8) is 0 Å². The van der Waals surface area contributed by atoms with E-state index in [0.717, 1.165) is 16.0 Å². The summed E-state index contributed by atoms with van der Waals surface area (Å²) < 4.78 is 16.0.